The van der Waals surface area contributed by atoms with E-state index in [9.17, 15) is 14.7 Å². The van der Waals surface area contributed by atoms with Crippen molar-refractivity contribution in [3.63, 3.8) is 0 Å². The van der Waals surface area contributed by atoms with Crippen molar-refractivity contribution in [3.05, 3.63) is 6.92 Å². The average Bonchev–Trinajstić information content (AvgIpc) is 1.85. The van der Waals surface area contributed by atoms with Crippen LogP contribution in [0, 0.1) is 6.92 Å². The van der Waals surface area contributed by atoms with Crippen LogP contribution in [0.2, 0.25) is 0 Å². The number of unbranched alkanes of at least 4 members (excludes halogenated alkanes) is 1. The van der Waals surface area contributed by atoms with Crippen LogP contribution in [0.15, 0.2) is 0 Å². The van der Waals surface area contributed by atoms with Gasteiger partial charge < -0.3 is 16.8 Å². The molecule has 0 saturated carbocycles. The molecule has 0 unspecified atom stereocenters. The number of Topliss-reactive ketones (excluding diaryl/α,β-unsaturated/α-hetero) is 1. The molecular weight excluding hydrogens is 200 g/mol. The molecule has 12 heavy (non-hydrogen) atoms. The normalized spacial score (nSPS) is 7.25. The van der Waals surface area contributed by atoms with Crippen LogP contribution in [0.3, 0.4) is 0 Å². The first-order valence-corrected chi connectivity index (χ1v) is 3.53. The first-order valence-electron chi connectivity index (χ1n) is 3.53. The van der Waals surface area contributed by atoms with Crippen molar-refractivity contribution >= 4 is 11.8 Å². The van der Waals surface area contributed by atoms with Gasteiger partial charge in [-0.25, -0.2) is 0 Å². The van der Waals surface area contributed by atoms with Crippen molar-refractivity contribution in [2.45, 2.75) is 33.1 Å². The second-order valence-corrected chi connectivity index (χ2v) is 2.10. The fourth-order valence-electron chi connectivity index (χ4n) is 0.203. The van der Waals surface area contributed by atoms with Crippen LogP contribution in [0.1, 0.15) is 33.1 Å². The number of aliphatic carboxylic acids is 1. The molecule has 0 aromatic heterocycles. The minimum Gasteiger partial charge on any atom is -0.550 e. The van der Waals surface area contributed by atoms with Crippen molar-refractivity contribution in [2.24, 2.45) is 0 Å². The number of hydrogen-bond donors (Lipinski definition) is 0. The molecule has 0 atom stereocenters. The average molecular weight is 214 g/mol. The SMILES string of the molecule is CC(=O)CC(=O)[O-].[CH2-]CCC.[Fe+2]. The molecule has 0 spiro atoms. The monoisotopic (exact) mass is 214 g/mol. The molecule has 0 rings (SSSR count). The Kier molecular flexibility index (Phi) is 19.5. The molecule has 0 amide bonds. The van der Waals surface area contributed by atoms with Crippen LogP contribution in [0.25, 0.3) is 0 Å². The van der Waals surface area contributed by atoms with E-state index in [1.807, 2.05) is 0 Å². The molecule has 4 heteroatoms. The standard InChI is InChI=1S/C4H6O3.C4H9.Fe/c1-3(5)2-4(6)7;1-3-4-2;/h2H2,1H3,(H,6,7);1,3-4H2,2H3;/q;-1;+2/p-1. The van der Waals surface area contributed by atoms with E-state index in [0.717, 1.165) is 6.42 Å². The van der Waals surface area contributed by atoms with Crippen LogP contribution < -0.4 is 5.11 Å². The number of rotatable bonds is 3. The zero-order chi connectivity index (χ0) is 9.28. The van der Waals surface area contributed by atoms with Gasteiger partial charge in [0.15, 0.2) is 0 Å². The Morgan fingerprint density at radius 1 is 1.42 bits per heavy atom. The molecule has 0 heterocycles. The topological polar surface area (TPSA) is 57.2 Å². The Balaban J connectivity index is -0.000000142. The summed E-state index contributed by atoms with van der Waals surface area (Å²) in [4.78, 5) is 19.3. The largest absolute Gasteiger partial charge is 2.00 e. The number of hydrogen-bond acceptors (Lipinski definition) is 3. The summed E-state index contributed by atoms with van der Waals surface area (Å²) in [5.74, 6) is -1.69. The van der Waals surface area contributed by atoms with Crippen LogP contribution >= 0.6 is 0 Å². The second-order valence-electron chi connectivity index (χ2n) is 2.10. The third-order valence-corrected chi connectivity index (χ3v) is 0.747. The molecule has 0 radical (unpaired) electrons. The smallest absolute Gasteiger partial charge is 0.550 e. The van der Waals surface area contributed by atoms with Crippen molar-refractivity contribution < 1.29 is 31.8 Å². The minimum absolute atomic E-state index is 0. The molecular formula is C8H14FeO3. The molecule has 0 bridgehead atoms. The van der Waals surface area contributed by atoms with Crippen LogP contribution in [0.4, 0.5) is 0 Å². The maximum Gasteiger partial charge on any atom is 2.00 e. The molecule has 0 saturated heterocycles. The summed E-state index contributed by atoms with van der Waals surface area (Å²) in [5, 5.41) is 9.48. The number of carboxylic acid groups (broad SMARTS) is 1. The van der Waals surface area contributed by atoms with Gasteiger partial charge in [-0.3, -0.25) is 4.79 Å². The van der Waals surface area contributed by atoms with E-state index >= 15 is 0 Å². The van der Waals surface area contributed by atoms with Crippen LogP contribution in [0.5, 0.6) is 0 Å². The van der Waals surface area contributed by atoms with E-state index in [1.54, 1.807) is 0 Å². The van der Waals surface area contributed by atoms with E-state index < -0.39 is 12.4 Å². The number of carboxylic acids is 1. The van der Waals surface area contributed by atoms with Gasteiger partial charge >= 0.3 is 17.1 Å². The number of carbonyl (C=O) groups excluding carboxylic acids is 2. The molecule has 0 aliphatic rings. The minimum atomic E-state index is -1.31. The van der Waals surface area contributed by atoms with Gasteiger partial charge in [0, 0.05) is 12.4 Å². The maximum atomic E-state index is 9.83. The van der Waals surface area contributed by atoms with E-state index in [-0.39, 0.29) is 22.9 Å². The van der Waals surface area contributed by atoms with E-state index in [0.29, 0.717) is 0 Å². The van der Waals surface area contributed by atoms with Crippen molar-refractivity contribution in [2.75, 3.05) is 0 Å². The number of ketones is 1. The van der Waals surface area contributed by atoms with Gasteiger partial charge in [0.05, 0.1) is 0 Å². The molecule has 0 aliphatic carbocycles. The summed E-state index contributed by atoms with van der Waals surface area (Å²) in [6.45, 7) is 6.93. The van der Waals surface area contributed by atoms with Crippen LogP contribution in [-0.4, -0.2) is 11.8 Å². The van der Waals surface area contributed by atoms with Crippen molar-refractivity contribution in [1.29, 1.82) is 0 Å². The molecule has 0 aliphatic heterocycles. The van der Waals surface area contributed by atoms with Gasteiger partial charge in [-0.05, 0) is 6.92 Å². The summed E-state index contributed by atoms with van der Waals surface area (Å²) in [7, 11) is 0. The Morgan fingerprint density at radius 3 is 1.75 bits per heavy atom. The van der Waals surface area contributed by atoms with E-state index in [4.69, 9.17) is 0 Å². The van der Waals surface area contributed by atoms with Crippen LogP contribution in [-0.2, 0) is 26.7 Å². The maximum absolute atomic E-state index is 9.83. The van der Waals surface area contributed by atoms with Gasteiger partial charge in [-0.2, -0.15) is 6.42 Å². The summed E-state index contributed by atoms with van der Waals surface area (Å²) in [6.07, 6.45) is 1.81. The first kappa shape index (κ1) is 17.7. The van der Waals surface area contributed by atoms with Gasteiger partial charge in [0.25, 0.3) is 0 Å². The summed E-state index contributed by atoms with van der Waals surface area (Å²) >= 11 is 0. The Morgan fingerprint density at radius 2 is 1.75 bits per heavy atom. The Hall–Kier alpha value is -0.341. The fraction of sp³-hybridized carbons (Fsp3) is 0.625. The third-order valence-electron chi connectivity index (χ3n) is 0.747. The second kappa shape index (κ2) is 13.3. The summed E-state index contributed by atoms with van der Waals surface area (Å²) in [6, 6.07) is 0. The Bertz CT molecular complexity index is 109. The third kappa shape index (κ3) is 33.4. The summed E-state index contributed by atoms with van der Waals surface area (Å²) in [5.41, 5.74) is 0. The number of carbonyl (C=O) groups is 2. The molecule has 3 nitrogen and oxygen atoms in total. The predicted molar refractivity (Wildman–Crippen MR) is 40.6 cm³/mol. The van der Waals surface area contributed by atoms with Gasteiger partial charge in [-0.15, -0.1) is 0 Å². The fourth-order valence-corrected chi connectivity index (χ4v) is 0.203. The summed E-state index contributed by atoms with van der Waals surface area (Å²) < 4.78 is 0. The van der Waals surface area contributed by atoms with E-state index in [1.165, 1.54) is 13.3 Å². The zero-order valence-electron chi connectivity index (χ0n) is 7.41. The molecule has 72 valence electrons. The quantitative estimate of drug-likeness (QED) is 0.386. The molecule has 0 aromatic rings. The van der Waals surface area contributed by atoms with Crippen molar-refractivity contribution in [3.8, 4) is 0 Å². The van der Waals surface area contributed by atoms with Gasteiger partial charge in [-0.1, -0.05) is 13.3 Å². The Labute approximate surface area is 84.0 Å². The predicted octanol–water partition coefficient (Wildman–Crippen LogP) is 0.333. The molecule has 0 fully saturated rings. The first-order chi connectivity index (χ1) is 5.04. The van der Waals surface area contributed by atoms with Gasteiger partial charge in [0.1, 0.15) is 5.78 Å². The van der Waals surface area contributed by atoms with Gasteiger partial charge in [0.2, 0.25) is 0 Å². The van der Waals surface area contributed by atoms with E-state index in [2.05, 4.69) is 13.8 Å². The molecule has 0 aromatic carbocycles. The molecule has 0 N–H and O–H groups in total. The van der Waals surface area contributed by atoms with Crippen molar-refractivity contribution in [1.82, 2.24) is 0 Å². The zero-order valence-corrected chi connectivity index (χ0v) is 8.51.